The summed E-state index contributed by atoms with van der Waals surface area (Å²) in [5.74, 6) is -2.00. The minimum absolute atomic E-state index is 0.0236. The number of aliphatic carboxylic acids is 1. The molecule has 0 saturated carbocycles. The lowest BCUT2D eigenvalue weighted by atomic mass is 10.1. The van der Waals surface area contributed by atoms with Gasteiger partial charge in [0.25, 0.3) is 0 Å². The number of carboxylic acids is 1. The van der Waals surface area contributed by atoms with E-state index in [1.807, 2.05) is 6.07 Å². The largest absolute Gasteiger partial charge is 0.481 e. The van der Waals surface area contributed by atoms with Crippen LogP contribution < -0.4 is 10.6 Å². The van der Waals surface area contributed by atoms with Gasteiger partial charge in [-0.1, -0.05) is 30.3 Å². The topological polar surface area (TPSA) is 131 Å². The van der Waals surface area contributed by atoms with Crippen molar-refractivity contribution < 1.29 is 33.8 Å². The Morgan fingerprint density at radius 2 is 1.73 bits per heavy atom. The van der Waals surface area contributed by atoms with Gasteiger partial charge in [0.15, 0.2) is 0 Å². The Bertz CT molecular complexity index is 714. The Labute approximate surface area is 176 Å². The molecule has 0 heterocycles. The van der Waals surface area contributed by atoms with Crippen molar-refractivity contribution in [3.63, 3.8) is 0 Å². The third-order valence-corrected chi connectivity index (χ3v) is 3.75. The number of alkyl carbamates (subject to hydrolysis) is 1. The Hall–Kier alpha value is -3.10. The average Bonchev–Trinajstić information content (AvgIpc) is 2.66. The van der Waals surface area contributed by atoms with Crippen molar-refractivity contribution in [2.24, 2.45) is 0 Å². The highest BCUT2D eigenvalue weighted by atomic mass is 16.6. The van der Waals surface area contributed by atoms with E-state index in [0.717, 1.165) is 5.56 Å². The second-order valence-electron chi connectivity index (χ2n) is 7.67. The van der Waals surface area contributed by atoms with Crippen LogP contribution in [-0.2, 0) is 30.5 Å². The van der Waals surface area contributed by atoms with Crippen molar-refractivity contribution in [3.8, 4) is 0 Å². The van der Waals surface area contributed by atoms with Crippen LogP contribution in [0.3, 0.4) is 0 Å². The standard InChI is InChI=1S/C21H30N2O7/c1-21(2,3)30-18(26)10-7-13-22-19(27)16(11-12-17(24)25)23-20(28)29-14-15-8-5-4-6-9-15/h4-6,8-9,16H,7,10-14H2,1-3H3,(H,22,27)(H,23,28)(H,24,25)/t16-/m0/s1. The summed E-state index contributed by atoms with van der Waals surface area (Å²) in [6.07, 6.45) is -0.727. The maximum atomic E-state index is 12.3. The summed E-state index contributed by atoms with van der Waals surface area (Å²) in [4.78, 5) is 46.9. The minimum atomic E-state index is -1.09. The molecule has 0 bridgehead atoms. The molecule has 3 N–H and O–H groups in total. The summed E-state index contributed by atoms with van der Waals surface area (Å²) < 4.78 is 10.3. The predicted molar refractivity (Wildman–Crippen MR) is 109 cm³/mol. The monoisotopic (exact) mass is 422 g/mol. The van der Waals surface area contributed by atoms with Crippen molar-refractivity contribution >= 4 is 23.9 Å². The lowest BCUT2D eigenvalue weighted by molar-refractivity contribution is -0.155. The van der Waals surface area contributed by atoms with Crippen LogP contribution in [0.4, 0.5) is 4.79 Å². The zero-order valence-electron chi connectivity index (χ0n) is 17.6. The summed E-state index contributed by atoms with van der Waals surface area (Å²) in [6.45, 7) is 5.50. The number of hydrogen-bond donors (Lipinski definition) is 3. The van der Waals surface area contributed by atoms with E-state index in [2.05, 4.69) is 10.6 Å². The van der Waals surface area contributed by atoms with Gasteiger partial charge in [-0.05, 0) is 39.2 Å². The van der Waals surface area contributed by atoms with Gasteiger partial charge in [0.1, 0.15) is 18.2 Å². The van der Waals surface area contributed by atoms with Crippen molar-refractivity contribution in [1.29, 1.82) is 0 Å². The molecule has 0 unspecified atom stereocenters. The molecule has 0 saturated heterocycles. The quantitative estimate of drug-likeness (QED) is 0.368. The third kappa shape index (κ3) is 11.7. The zero-order valence-corrected chi connectivity index (χ0v) is 17.6. The maximum Gasteiger partial charge on any atom is 0.408 e. The highest BCUT2D eigenvalue weighted by Crippen LogP contribution is 2.09. The van der Waals surface area contributed by atoms with Gasteiger partial charge < -0.3 is 25.2 Å². The summed E-state index contributed by atoms with van der Waals surface area (Å²) in [7, 11) is 0. The molecular weight excluding hydrogens is 392 g/mol. The predicted octanol–water partition coefficient (Wildman–Crippen LogP) is 2.38. The lowest BCUT2D eigenvalue weighted by Crippen LogP contribution is -2.47. The highest BCUT2D eigenvalue weighted by Gasteiger charge is 2.22. The van der Waals surface area contributed by atoms with Gasteiger partial charge in [-0.3, -0.25) is 14.4 Å². The lowest BCUT2D eigenvalue weighted by Gasteiger charge is -2.20. The summed E-state index contributed by atoms with van der Waals surface area (Å²) in [6, 6.07) is 7.94. The van der Waals surface area contributed by atoms with Gasteiger partial charge >= 0.3 is 18.0 Å². The van der Waals surface area contributed by atoms with Crippen molar-refractivity contribution in [3.05, 3.63) is 35.9 Å². The van der Waals surface area contributed by atoms with Gasteiger partial charge in [0.05, 0.1) is 0 Å². The van der Waals surface area contributed by atoms with E-state index in [1.54, 1.807) is 45.0 Å². The molecule has 0 fully saturated rings. The fourth-order valence-corrected chi connectivity index (χ4v) is 2.40. The fraction of sp³-hybridized carbons (Fsp3) is 0.524. The normalized spacial score (nSPS) is 11.8. The van der Waals surface area contributed by atoms with E-state index in [-0.39, 0.29) is 38.4 Å². The molecule has 0 aliphatic carbocycles. The molecule has 0 aliphatic heterocycles. The van der Waals surface area contributed by atoms with Gasteiger partial charge in [0.2, 0.25) is 5.91 Å². The van der Waals surface area contributed by atoms with Crippen LogP contribution in [0.2, 0.25) is 0 Å². The second-order valence-corrected chi connectivity index (χ2v) is 7.67. The number of carboxylic acid groups (broad SMARTS) is 1. The first-order valence-corrected chi connectivity index (χ1v) is 9.75. The van der Waals surface area contributed by atoms with E-state index in [0.29, 0.717) is 6.42 Å². The highest BCUT2D eigenvalue weighted by molar-refractivity contribution is 5.86. The number of benzene rings is 1. The van der Waals surface area contributed by atoms with Crippen LogP contribution in [0.5, 0.6) is 0 Å². The van der Waals surface area contributed by atoms with E-state index in [1.165, 1.54) is 0 Å². The van der Waals surface area contributed by atoms with Crippen LogP contribution in [-0.4, -0.2) is 47.2 Å². The van der Waals surface area contributed by atoms with Crippen LogP contribution in [0.1, 0.15) is 52.0 Å². The molecular formula is C21H30N2O7. The number of esters is 1. The van der Waals surface area contributed by atoms with Crippen LogP contribution in [0.25, 0.3) is 0 Å². The molecule has 166 valence electrons. The molecule has 1 aromatic carbocycles. The van der Waals surface area contributed by atoms with E-state index >= 15 is 0 Å². The Morgan fingerprint density at radius 1 is 1.07 bits per heavy atom. The number of ether oxygens (including phenoxy) is 2. The zero-order chi connectivity index (χ0) is 22.6. The van der Waals surface area contributed by atoms with Crippen molar-refractivity contribution in [1.82, 2.24) is 10.6 Å². The van der Waals surface area contributed by atoms with E-state index in [4.69, 9.17) is 14.6 Å². The molecule has 0 aliphatic rings. The van der Waals surface area contributed by atoms with Crippen LogP contribution in [0, 0.1) is 0 Å². The molecule has 9 heteroatoms. The third-order valence-electron chi connectivity index (χ3n) is 3.75. The van der Waals surface area contributed by atoms with Gasteiger partial charge in [-0.25, -0.2) is 4.79 Å². The number of carbonyl (C=O) groups excluding carboxylic acids is 3. The molecule has 30 heavy (non-hydrogen) atoms. The van der Waals surface area contributed by atoms with Crippen molar-refractivity contribution in [2.75, 3.05) is 6.54 Å². The first kappa shape index (κ1) is 24.9. The Kier molecular flexibility index (Phi) is 10.4. The van der Waals surface area contributed by atoms with Crippen LogP contribution in [0.15, 0.2) is 30.3 Å². The Morgan fingerprint density at radius 3 is 2.33 bits per heavy atom. The Balaban J connectivity index is 2.47. The first-order valence-electron chi connectivity index (χ1n) is 9.75. The number of amides is 2. The molecule has 0 radical (unpaired) electrons. The van der Waals surface area contributed by atoms with Crippen LogP contribution >= 0.6 is 0 Å². The summed E-state index contributed by atoms with van der Waals surface area (Å²) in [5.41, 5.74) is 0.202. The van der Waals surface area contributed by atoms with E-state index < -0.39 is 29.6 Å². The SMILES string of the molecule is CC(C)(C)OC(=O)CCCNC(=O)[C@H](CCC(=O)O)NC(=O)OCc1ccccc1. The smallest absolute Gasteiger partial charge is 0.408 e. The number of carbonyl (C=O) groups is 4. The molecule has 0 spiro atoms. The first-order chi connectivity index (χ1) is 14.1. The molecule has 1 rings (SSSR count). The maximum absolute atomic E-state index is 12.3. The molecule has 1 aromatic rings. The molecule has 2 amide bonds. The molecule has 9 nitrogen and oxygen atoms in total. The molecule has 0 aromatic heterocycles. The second kappa shape index (κ2) is 12.5. The number of hydrogen-bond acceptors (Lipinski definition) is 6. The van der Waals surface area contributed by atoms with Gasteiger partial charge in [-0.15, -0.1) is 0 Å². The number of rotatable bonds is 11. The summed E-state index contributed by atoms with van der Waals surface area (Å²) >= 11 is 0. The fourth-order valence-electron chi connectivity index (χ4n) is 2.40. The number of nitrogens with one attached hydrogen (secondary N) is 2. The minimum Gasteiger partial charge on any atom is -0.481 e. The van der Waals surface area contributed by atoms with Crippen molar-refractivity contribution in [2.45, 2.75) is 64.7 Å². The molecule has 1 atom stereocenters. The van der Waals surface area contributed by atoms with E-state index in [9.17, 15) is 19.2 Å². The van der Waals surface area contributed by atoms with Gasteiger partial charge in [0, 0.05) is 19.4 Å². The average molecular weight is 422 g/mol. The van der Waals surface area contributed by atoms with Gasteiger partial charge in [-0.2, -0.15) is 0 Å². The summed E-state index contributed by atoms with van der Waals surface area (Å²) in [5, 5.41) is 13.9.